The van der Waals surface area contributed by atoms with Gasteiger partial charge in [-0.2, -0.15) is 5.26 Å². The Balaban J connectivity index is 1.49. The van der Waals surface area contributed by atoms with Gasteiger partial charge in [0.05, 0.1) is 51.6 Å². The smallest absolute Gasteiger partial charge is 0.188 e. The molecule has 0 saturated carbocycles. The Bertz CT molecular complexity index is 2390. The second kappa shape index (κ2) is 9.24. The van der Waals surface area contributed by atoms with Crippen molar-refractivity contribution < 1.29 is 0 Å². The number of hydrogen-bond donors (Lipinski definition) is 0. The third-order valence-electron chi connectivity index (χ3n) is 8.17. The van der Waals surface area contributed by atoms with Crippen molar-refractivity contribution in [2.75, 3.05) is 0 Å². The molecule has 0 atom stereocenters. The molecule has 0 amide bonds. The van der Waals surface area contributed by atoms with Crippen molar-refractivity contribution in [2.24, 2.45) is 0 Å². The third kappa shape index (κ3) is 3.40. The van der Waals surface area contributed by atoms with Crippen molar-refractivity contribution in [1.82, 2.24) is 9.13 Å². The fourth-order valence-electron chi connectivity index (χ4n) is 6.38. The molecule has 0 unspecified atom stereocenters. The Labute approximate surface area is 242 Å². The van der Waals surface area contributed by atoms with Gasteiger partial charge in [-0.25, -0.2) is 4.85 Å². The maximum absolute atomic E-state index is 9.96. The maximum Gasteiger partial charge on any atom is 0.188 e. The molecular formula is C38H22N4. The SMILES string of the molecule is [C-]#[N+]c1ccc2c(c1)c1ccccc1n2-c1cc(C#N)ccc1-c1ccccc1-n1c2ccccc2c2ccccc21. The zero-order chi connectivity index (χ0) is 28.2. The monoisotopic (exact) mass is 534 g/mol. The number of fused-ring (bicyclic) bond motifs is 6. The molecule has 0 spiro atoms. The first-order valence-electron chi connectivity index (χ1n) is 13.8. The van der Waals surface area contributed by atoms with Gasteiger partial charge in [0.15, 0.2) is 5.69 Å². The van der Waals surface area contributed by atoms with E-state index >= 15 is 0 Å². The summed E-state index contributed by atoms with van der Waals surface area (Å²) in [5, 5.41) is 14.5. The standard InChI is InChI=1S/C38H22N4/c1-40-26-19-21-37-32(23-26)30-13-5-9-17-36(30)42(37)38-22-25(24-39)18-20-31(38)29-12-4-8-16-35(29)41-33-14-6-2-10-27(33)28-11-3-7-15-34(28)41/h2-23H. The minimum atomic E-state index is 0.590. The molecule has 4 heteroatoms. The number of hydrogen-bond acceptors (Lipinski definition) is 1. The highest BCUT2D eigenvalue weighted by molar-refractivity contribution is 6.12. The fraction of sp³-hybridized carbons (Fsp3) is 0. The number of rotatable bonds is 3. The van der Waals surface area contributed by atoms with E-state index in [1.54, 1.807) is 0 Å². The fourth-order valence-corrected chi connectivity index (χ4v) is 6.38. The van der Waals surface area contributed by atoms with E-state index in [1.807, 2.05) is 42.5 Å². The normalized spacial score (nSPS) is 11.3. The number of para-hydroxylation sites is 4. The second-order valence-corrected chi connectivity index (χ2v) is 10.4. The van der Waals surface area contributed by atoms with E-state index in [9.17, 15) is 5.26 Å². The molecule has 0 radical (unpaired) electrons. The van der Waals surface area contributed by atoms with Crippen molar-refractivity contribution >= 4 is 49.3 Å². The lowest BCUT2D eigenvalue weighted by atomic mass is 9.99. The Hall–Kier alpha value is -6.10. The van der Waals surface area contributed by atoms with E-state index in [0.29, 0.717) is 11.3 Å². The molecule has 0 aliphatic heterocycles. The van der Waals surface area contributed by atoms with Crippen LogP contribution in [0.4, 0.5) is 5.69 Å². The first kappa shape index (κ1) is 23.8. The molecule has 6 aromatic carbocycles. The molecule has 0 N–H and O–H groups in total. The van der Waals surface area contributed by atoms with Crippen molar-refractivity contribution in [1.29, 1.82) is 5.26 Å². The zero-order valence-corrected chi connectivity index (χ0v) is 22.5. The molecule has 2 aromatic heterocycles. The van der Waals surface area contributed by atoms with Crippen molar-refractivity contribution in [2.45, 2.75) is 0 Å². The van der Waals surface area contributed by atoms with Gasteiger partial charge in [0, 0.05) is 27.3 Å². The average molecular weight is 535 g/mol. The summed E-state index contributed by atoms with van der Waals surface area (Å²) in [7, 11) is 0. The van der Waals surface area contributed by atoms with E-state index in [-0.39, 0.29) is 0 Å². The van der Waals surface area contributed by atoms with Gasteiger partial charge in [-0.1, -0.05) is 84.9 Å². The third-order valence-corrected chi connectivity index (χ3v) is 8.17. The van der Waals surface area contributed by atoms with Crippen LogP contribution in [0.15, 0.2) is 133 Å². The van der Waals surface area contributed by atoms with Gasteiger partial charge in [0.2, 0.25) is 0 Å². The van der Waals surface area contributed by atoms with E-state index in [0.717, 1.165) is 55.3 Å². The highest BCUT2D eigenvalue weighted by atomic mass is 15.0. The van der Waals surface area contributed by atoms with E-state index in [4.69, 9.17) is 6.57 Å². The van der Waals surface area contributed by atoms with Crippen molar-refractivity contribution in [3.63, 3.8) is 0 Å². The molecule has 4 nitrogen and oxygen atoms in total. The Morgan fingerprint density at radius 2 is 1.02 bits per heavy atom. The van der Waals surface area contributed by atoms with Crippen LogP contribution in [0.5, 0.6) is 0 Å². The first-order chi connectivity index (χ1) is 20.8. The summed E-state index contributed by atoms with van der Waals surface area (Å²) in [6.07, 6.45) is 0. The first-order valence-corrected chi connectivity index (χ1v) is 13.8. The van der Waals surface area contributed by atoms with Crippen LogP contribution in [0.25, 0.3) is 71.0 Å². The Kier molecular flexibility index (Phi) is 5.22. The topological polar surface area (TPSA) is 38.0 Å². The molecule has 194 valence electrons. The lowest BCUT2D eigenvalue weighted by Crippen LogP contribution is -2.02. The molecule has 8 rings (SSSR count). The van der Waals surface area contributed by atoms with Gasteiger partial charge in [-0.05, 0) is 53.9 Å². The van der Waals surface area contributed by atoms with Crippen molar-refractivity contribution in [3.05, 3.63) is 150 Å². The quantitative estimate of drug-likeness (QED) is 0.208. The molecule has 0 saturated heterocycles. The van der Waals surface area contributed by atoms with Gasteiger partial charge in [-0.3, -0.25) is 0 Å². The lowest BCUT2D eigenvalue weighted by molar-refractivity contribution is 1.16. The molecule has 0 fully saturated rings. The summed E-state index contributed by atoms with van der Waals surface area (Å²) in [6, 6.07) is 47.9. The Morgan fingerprint density at radius 1 is 0.500 bits per heavy atom. The summed E-state index contributed by atoms with van der Waals surface area (Å²) in [4.78, 5) is 3.69. The summed E-state index contributed by atoms with van der Waals surface area (Å²) < 4.78 is 4.58. The lowest BCUT2D eigenvalue weighted by Gasteiger charge is -2.18. The van der Waals surface area contributed by atoms with Crippen molar-refractivity contribution in [3.8, 4) is 28.6 Å². The molecule has 0 aliphatic rings. The second-order valence-electron chi connectivity index (χ2n) is 10.4. The highest BCUT2D eigenvalue weighted by Gasteiger charge is 2.20. The number of nitriles is 1. The number of nitrogens with zero attached hydrogens (tertiary/aromatic N) is 4. The van der Waals surface area contributed by atoms with Crippen LogP contribution in [0.2, 0.25) is 0 Å². The maximum atomic E-state index is 9.96. The zero-order valence-electron chi connectivity index (χ0n) is 22.5. The molecule has 2 heterocycles. The van der Waals surface area contributed by atoms with Gasteiger partial charge in [0.25, 0.3) is 0 Å². The van der Waals surface area contributed by atoms with Gasteiger partial charge >= 0.3 is 0 Å². The predicted molar refractivity (Wildman–Crippen MR) is 172 cm³/mol. The summed E-state index contributed by atoms with van der Waals surface area (Å²) in [6.45, 7) is 7.58. The molecule has 0 bridgehead atoms. The molecule has 0 aliphatic carbocycles. The summed E-state index contributed by atoms with van der Waals surface area (Å²) in [5.74, 6) is 0. The van der Waals surface area contributed by atoms with Crippen LogP contribution in [-0.2, 0) is 0 Å². The highest BCUT2D eigenvalue weighted by Crippen LogP contribution is 2.41. The van der Waals surface area contributed by atoms with Gasteiger partial charge in [0.1, 0.15) is 0 Å². The minimum absolute atomic E-state index is 0.590. The molecular weight excluding hydrogens is 512 g/mol. The van der Waals surface area contributed by atoms with Crippen LogP contribution in [0.1, 0.15) is 5.56 Å². The largest absolute Gasteiger partial charge is 0.309 e. The van der Waals surface area contributed by atoms with E-state index in [1.165, 1.54) is 10.8 Å². The molecule has 8 aromatic rings. The van der Waals surface area contributed by atoms with Gasteiger partial charge < -0.3 is 9.13 Å². The number of aromatic nitrogens is 2. The van der Waals surface area contributed by atoms with Crippen LogP contribution < -0.4 is 0 Å². The van der Waals surface area contributed by atoms with E-state index in [2.05, 4.69) is 111 Å². The van der Waals surface area contributed by atoms with Crippen LogP contribution in [0, 0.1) is 17.9 Å². The summed E-state index contributed by atoms with van der Waals surface area (Å²) >= 11 is 0. The number of benzene rings is 6. The minimum Gasteiger partial charge on any atom is -0.309 e. The Morgan fingerprint density at radius 3 is 1.67 bits per heavy atom. The molecule has 42 heavy (non-hydrogen) atoms. The van der Waals surface area contributed by atoms with Crippen LogP contribution in [-0.4, -0.2) is 9.13 Å². The summed E-state index contributed by atoms with van der Waals surface area (Å²) in [5.41, 5.74) is 9.57. The van der Waals surface area contributed by atoms with Crippen LogP contribution in [0.3, 0.4) is 0 Å². The van der Waals surface area contributed by atoms with E-state index < -0.39 is 0 Å². The van der Waals surface area contributed by atoms with Crippen LogP contribution >= 0.6 is 0 Å². The average Bonchev–Trinajstić information content (AvgIpc) is 3.57. The van der Waals surface area contributed by atoms with Gasteiger partial charge in [-0.15, -0.1) is 0 Å². The predicted octanol–water partition coefficient (Wildman–Crippen LogP) is 9.97.